The van der Waals surface area contributed by atoms with Crippen LogP contribution in [0.15, 0.2) is 58.6 Å². The van der Waals surface area contributed by atoms with Gasteiger partial charge in [0.1, 0.15) is 0 Å². The summed E-state index contributed by atoms with van der Waals surface area (Å²) in [6.45, 7) is 0. The Morgan fingerprint density at radius 2 is 1.95 bits per heavy atom. The summed E-state index contributed by atoms with van der Waals surface area (Å²) in [5.74, 6) is -0.727. The molecule has 0 saturated carbocycles. The summed E-state index contributed by atoms with van der Waals surface area (Å²) >= 11 is 1.05. The van der Waals surface area contributed by atoms with Gasteiger partial charge in [0.25, 0.3) is 0 Å². The molecule has 2 N–H and O–H groups in total. The number of fused-ring (bicyclic) bond motifs is 1. The van der Waals surface area contributed by atoms with E-state index in [1.165, 1.54) is 4.40 Å². The Balaban J connectivity index is 2.14. The maximum atomic E-state index is 11.5. The van der Waals surface area contributed by atoms with E-state index in [1.54, 1.807) is 48.7 Å². The Labute approximate surface area is 128 Å². The molecule has 8 heteroatoms. The number of benzene rings is 1. The van der Waals surface area contributed by atoms with Crippen molar-refractivity contribution in [2.24, 2.45) is 5.73 Å². The molecule has 2 heterocycles. The van der Waals surface area contributed by atoms with Crippen LogP contribution >= 0.6 is 11.8 Å². The fraction of sp³-hybridized carbons (Fsp3) is 0. The Bertz CT molecular complexity index is 891. The average molecular weight is 314 g/mol. The first-order valence-corrected chi connectivity index (χ1v) is 7.07. The highest BCUT2D eigenvalue weighted by atomic mass is 32.2. The molecule has 0 saturated heterocycles. The van der Waals surface area contributed by atoms with Crippen molar-refractivity contribution in [2.75, 3.05) is 0 Å². The highest BCUT2D eigenvalue weighted by molar-refractivity contribution is 7.99. The van der Waals surface area contributed by atoms with E-state index in [0.29, 0.717) is 16.1 Å². The monoisotopic (exact) mass is 314 g/mol. The van der Waals surface area contributed by atoms with E-state index in [-0.39, 0.29) is 10.8 Å². The number of nitrogens with zero attached hydrogens (tertiary/aromatic N) is 3. The van der Waals surface area contributed by atoms with Gasteiger partial charge >= 0.3 is 5.82 Å². The van der Waals surface area contributed by atoms with Crippen molar-refractivity contribution in [3.05, 3.63) is 64.3 Å². The number of primary amides is 1. The molecular weight excluding hydrogens is 304 g/mol. The van der Waals surface area contributed by atoms with Gasteiger partial charge in [-0.25, -0.2) is 0 Å². The lowest BCUT2D eigenvalue weighted by Gasteiger charge is -2.03. The third-order valence-corrected chi connectivity index (χ3v) is 4.05. The molecule has 0 spiro atoms. The molecule has 1 amide bonds. The number of rotatable bonds is 4. The van der Waals surface area contributed by atoms with Crippen molar-refractivity contribution >= 4 is 29.1 Å². The number of carbonyl (C=O) groups excluding carboxylic acids is 1. The van der Waals surface area contributed by atoms with Gasteiger partial charge in [-0.05, 0) is 23.1 Å². The van der Waals surface area contributed by atoms with Crippen molar-refractivity contribution in [3.8, 4) is 0 Å². The van der Waals surface area contributed by atoms with Gasteiger partial charge < -0.3 is 15.8 Å². The lowest BCUT2D eigenvalue weighted by molar-refractivity contribution is -0.393. The minimum atomic E-state index is -0.588. The summed E-state index contributed by atoms with van der Waals surface area (Å²) in [5, 5.41) is 11.6. The molecule has 0 aliphatic carbocycles. The number of carbonyl (C=O) groups is 1. The molecule has 22 heavy (non-hydrogen) atoms. The summed E-state index contributed by atoms with van der Waals surface area (Å²) in [4.78, 5) is 27.1. The molecule has 3 aromatic rings. The Morgan fingerprint density at radius 3 is 2.68 bits per heavy atom. The fourth-order valence-electron chi connectivity index (χ4n) is 2.06. The van der Waals surface area contributed by atoms with E-state index in [0.717, 1.165) is 11.8 Å². The Morgan fingerprint density at radius 1 is 1.23 bits per heavy atom. The van der Waals surface area contributed by atoms with Gasteiger partial charge in [0.05, 0.1) is 11.8 Å². The van der Waals surface area contributed by atoms with Crippen LogP contribution in [0.2, 0.25) is 0 Å². The molecule has 0 aliphatic heterocycles. The highest BCUT2D eigenvalue weighted by Gasteiger charge is 2.24. The second kappa shape index (κ2) is 5.49. The largest absolute Gasteiger partial charge is 0.366 e. The van der Waals surface area contributed by atoms with Crippen molar-refractivity contribution in [2.45, 2.75) is 9.92 Å². The first-order chi connectivity index (χ1) is 10.6. The SMILES string of the molecule is NC(=O)c1ccccc1Sc1nc2ccccn2c1[N+](=O)[O-]. The number of hydrogen-bond acceptors (Lipinski definition) is 5. The first-order valence-electron chi connectivity index (χ1n) is 6.26. The molecule has 3 rings (SSSR count). The molecule has 7 nitrogen and oxygen atoms in total. The van der Waals surface area contributed by atoms with Crippen molar-refractivity contribution in [1.82, 2.24) is 9.38 Å². The van der Waals surface area contributed by atoms with E-state index < -0.39 is 10.8 Å². The van der Waals surface area contributed by atoms with Crippen LogP contribution in [0, 0.1) is 10.1 Å². The summed E-state index contributed by atoms with van der Waals surface area (Å²) in [6.07, 6.45) is 1.57. The molecular formula is C14H10N4O3S. The number of hydrogen-bond donors (Lipinski definition) is 1. The third-order valence-electron chi connectivity index (χ3n) is 3.01. The van der Waals surface area contributed by atoms with Crippen LogP contribution in [-0.4, -0.2) is 20.2 Å². The van der Waals surface area contributed by atoms with Crippen LogP contribution in [0.4, 0.5) is 5.82 Å². The lowest BCUT2D eigenvalue weighted by atomic mass is 10.2. The summed E-state index contributed by atoms with van der Waals surface area (Å²) < 4.78 is 1.40. The zero-order chi connectivity index (χ0) is 15.7. The van der Waals surface area contributed by atoms with Crippen LogP contribution in [0.25, 0.3) is 5.65 Å². The van der Waals surface area contributed by atoms with Gasteiger partial charge in [-0.15, -0.1) is 0 Å². The molecule has 0 fully saturated rings. The predicted molar refractivity (Wildman–Crippen MR) is 80.9 cm³/mol. The third kappa shape index (κ3) is 2.40. The van der Waals surface area contributed by atoms with Gasteiger partial charge in [-0.2, -0.15) is 9.38 Å². The Kier molecular flexibility index (Phi) is 3.51. The standard InChI is InChI=1S/C14H10N4O3S/c15-12(19)9-5-1-2-6-10(9)22-13-14(18(20)21)17-8-4-3-7-11(17)16-13/h1-8H,(H2,15,19). The molecule has 2 aromatic heterocycles. The van der Waals surface area contributed by atoms with Crippen molar-refractivity contribution < 1.29 is 9.72 Å². The molecule has 0 atom stereocenters. The average Bonchev–Trinajstić information content (AvgIpc) is 2.85. The normalized spacial score (nSPS) is 10.7. The fourth-order valence-corrected chi connectivity index (χ4v) is 3.10. The number of nitro groups is 1. The molecule has 0 aliphatic rings. The van der Waals surface area contributed by atoms with E-state index in [1.807, 2.05) is 0 Å². The predicted octanol–water partition coefficient (Wildman–Crippen LogP) is 2.49. The molecule has 0 bridgehead atoms. The lowest BCUT2D eigenvalue weighted by Crippen LogP contribution is -2.11. The van der Waals surface area contributed by atoms with Crippen molar-refractivity contribution in [1.29, 1.82) is 0 Å². The van der Waals surface area contributed by atoms with E-state index >= 15 is 0 Å². The smallest absolute Gasteiger partial charge is 0.362 e. The topological polar surface area (TPSA) is 104 Å². The van der Waals surface area contributed by atoms with Gasteiger partial charge in [-0.1, -0.05) is 30.0 Å². The molecule has 1 aromatic carbocycles. The summed E-state index contributed by atoms with van der Waals surface area (Å²) in [5.41, 5.74) is 6.10. The van der Waals surface area contributed by atoms with Crippen LogP contribution in [0.3, 0.4) is 0 Å². The van der Waals surface area contributed by atoms with Gasteiger partial charge in [0.2, 0.25) is 11.6 Å². The minimum Gasteiger partial charge on any atom is -0.366 e. The number of aromatic nitrogens is 2. The van der Waals surface area contributed by atoms with Crippen LogP contribution < -0.4 is 5.73 Å². The van der Waals surface area contributed by atoms with Crippen LogP contribution in [0.1, 0.15) is 10.4 Å². The Hall–Kier alpha value is -2.87. The summed E-state index contributed by atoms with van der Waals surface area (Å²) in [6, 6.07) is 11.8. The van der Waals surface area contributed by atoms with Crippen LogP contribution in [-0.2, 0) is 0 Å². The zero-order valence-electron chi connectivity index (χ0n) is 11.2. The quantitative estimate of drug-likeness (QED) is 0.588. The van der Waals surface area contributed by atoms with Crippen molar-refractivity contribution in [3.63, 3.8) is 0 Å². The van der Waals surface area contributed by atoms with Gasteiger partial charge in [-0.3, -0.25) is 4.79 Å². The summed E-state index contributed by atoms with van der Waals surface area (Å²) in [7, 11) is 0. The number of nitrogens with two attached hydrogens (primary N) is 1. The number of imidazole rings is 1. The van der Waals surface area contributed by atoms with E-state index in [2.05, 4.69) is 4.98 Å². The number of pyridine rings is 1. The molecule has 0 unspecified atom stereocenters. The van der Waals surface area contributed by atoms with E-state index in [9.17, 15) is 14.9 Å². The zero-order valence-corrected chi connectivity index (χ0v) is 12.0. The second-order valence-corrected chi connectivity index (χ2v) is 5.42. The molecule has 0 radical (unpaired) electrons. The maximum absolute atomic E-state index is 11.5. The maximum Gasteiger partial charge on any atom is 0.362 e. The highest BCUT2D eigenvalue weighted by Crippen LogP contribution is 2.36. The first kappa shape index (κ1) is 14.1. The minimum absolute atomic E-state index is 0.139. The van der Waals surface area contributed by atoms with E-state index in [4.69, 9.17) is 5.73 Å². The van der Waals surface area contributed by atoms with Crippen LogP contribution in [0.5, 0.6) is 0 Å². The molecule has 110 valence electrons. The van der Waals surface area contributed by atoms with Gasteiger partial charge in [0, 0.05) is 11.0 Å². The van der Waals surface area contributed by atoms with Gasteiger partial charge in [0.15, 0.2) is 5.03 Å². The number of amides is 1. The second-order valence-electron chi connectivity index (χ2n) is 4.39.